The van der Waals surface area contributed by atoms with E-state index in [0.717, 1.165) is 24.7 Å². The van der Waals surface area contributed by atoms with Crippen LogP contribution in [-0.2, 0) is 22.5 Å². The van der Waals surface area contributed by atoms with Crippen LogP contribution < -0.4 is 0 Å². The lowest BCUT2D eigenvalue weighted by Gasteiger charge is -2.41. The molecule has 0 spiro atoms. The first-order valence-electron chi connectivity index (χ1n) is 10.8. The number of carbonyl (C=O) groups excluding carboxylic acids is 1. The van der Waals surface area contributed by atoms with E-state index in [1.165, 1.54) is 12.1 Å². The minimum Gasteiger partial charge on any atom is -0.466 e. The molecule has 6 nitrogen and oxygen atoms in total. The number of benzene rings is 1. The Kier molecular flexibility index (Phi) is 6.60. The van der Waals surface area contributed by atoms with Gasteiger partial charge in [0.1, 0.15) is 11.6 Å². The monoisotopic (exact) mass is 440 g/mol. The van der Waals surface area contributed by atoms with E-state index in [4.69, 9.17) is 4.74 Å². The lowest BCUT2D eigenvalue weighted by Crippen LogP contribution is -2.49. The fourth-order valence-electron chi connectivity index (χ4n) is 4.44. The number of aromatic nitrogens is 3. The van der Waals surface area contributed by atoms with E-state index in [0.29, 0.717) is 31.0 Å². The van der Waals surface area contributed by atoms with Crippen LogP contribution in [-0.4, -0.2) is 45.1 Å². The van der Waals surface area contributed by atoms with Gasteiger partial charge in [0.2, 0.25) is 5.95 Å². The van der Waals surface area contributed by atoms with Crippen molar-refractivity contribution in [3.63, 3.8) is 0 Å². The molecule has 1 saturated heterocycles. The predicted molar refractivity (Wildman–Crippen MR) is 115 cm³/mol. The maximum atomic E-state index is 14.4. The van der Waals surface area contributed by atoms with Crippen LogP contribution in [0.4, 0.5) is 8.78 Å². The molecule has 0 aliphatic carbocycles. The summed E-state index contributed by atoms with van der Waals surface area (Å²) in [6.45, 7) is 3.81. The molecule has 1 aliphatic heterocycles. The molecular formula is C24H26F2N4O2. The van der Waals surface area contributed by atoms with Crippen molar-refractivity contribution < 1.29 is 18.3 Å². The van der Waals surface area contributed by atoms with Gasteiger partial charge in [-0.15, -0.1) is 0 Å². The Morgan fingerprint density at radius 3 is 2.75 bits per heavy atom. The molecule has 3 aromatic rings. The van der Waals surface area contributed by atoms with Crippen molar-refractivity contribution in [2.45, 2.75) is 32.7 Å². The van der Waals surface area contributed by atoms with Gasteiger partial charge in [-0.2, -0.15) is 0 Å². The maximum Gasteiger partial charge on any atom is 0.313 e. The highest BCUT2D eigenvalue weighted by molar-refractivity contribution is 5.77. The number of hydrogen-bond donors (Lipinski definition) is 0. The Balaban J connectivity index is 1.58. The summed E-state index contributed by atoms with van der Waals surface area (Å²) in [7, 11) is 0. The third kappa shape index (κ3) is 4.70. The summed E-state index contributed by atoms with van der Waals surface area (Å²) in [6.07, 6.45) is 6.80. The number of nitrogens with zero attached hydrogens (tertiary/aromatic N) is 4. The number of likely N-dealkylation sites (tertiary alicyclic amines) is 1. The fraction of sp³-hybridized carbons (Fsp3) is 0.375. The molecule has 168 valence electrons. The largest absolute Gasteiger partial charge is 0.466 e. The molecule has 0 bridgehead atoms. The molecule has 0 unspecified atom stereocenters. The number of esters is 1. The Labute approximate surface area is 185 Å². The van der Waals surface area contributed by atoms with Gasteiger partial charge in [0.15, 0.2) is 0 Å². The van der Waals surface area contributed by atoms with E-state index in [1.54, 1.807) is 25.4 Å². The topological polar surface area (TPSA) is 60.2 Å². The van der Waals surface area contributed by atoms with Gasteiger partial charge >= 0.3 is 5.97 Å². The van der Waals surface area contributed by atoms with Crippen molar-refractivity contribution in [1.82, 2.24) is 19.4 Å². The first-order chi connectivity index (χ1) is 15.5. The molecule has 1 aromatic carbocycles. The highest BCUT2D eigenvalue weighted by Gasteiger charge is 2.44. The lowest BCUT2D eigenvalue weighted by atomic mass is 9.75. The van der Waals surface area contributed by atoms with Crippen molar-refractivity contribution in [1.29, 1.82) is 0 Å². The van der Waals surface area contributed by atoms with E-state index in [9.17, 15) is 13.6 Å². The molecule has 3 heterocycles. The van der Waals surface area contributed by atoms with Gasteiger partial charge in [-0.3, -0.25) is 14.3 Å². The van der Waals surface area contributed by atoms with E-state index in [2.05, 4.69) is 14.9 Å². The molecular weight excluding hydrogens is 414 g/mol. The highest BCUT2D eigenvalue weighted by atomic mass is 19.1. The number of carbonyl (C=O) groups is 1. The zero-order valence-electron chi connectivity index (χ0n) is 18.0. The second-order valence-corrected chi connectivity index (χ2v) is 8.15. The zero-order chi connectivity index (χ0) is 22.6. The molecule has 0 amide bonds. The van der Waals surface area contributed by atoms with Crippen LogP contribution in [0, 0.1) is 17.0 Å². The standard InChI is InChI=1S/C24H26F2N4O2/c1-2-32-22(31)24(15-18-7-8-19(25)14-21(18)26)9-4-12-29(17-24)16-20-6-3-13-30(20)23-27-10-5-11-28-23/h3,5-8,10-11,13-14H,2,4,9,12,15-17H2,1H3/t24-/m0/s1. The SMILES string of the molecule is CCOC(=O)[C@]1(Cc2ccc(F)cc2F)CCCN(Cc2cccn2-c2ncccn2)C1. The summed E-state index contributed by atoms with van der Waals surface area (Å²) >= 11 is 0. The number of halogens is 2. The van der Waals surface area contributed by atoms with Gasteiger partial charge in [-0.1, -0.05) is 6.07 Å². The van der Waals surface area contributed by atoms with E-state index >= 15 is 0 Å². The highest BCUT2D eigenvalue weighted by Crippen LogP contribution is 2.36. The smallest absolute Gasteiger partial charge is 0.313 e. The Morgan fingerprint density at radius 1 is 1.19 bits per heavy atom. The fourth-order valence-corrected chi connectivity index (χ4v) is 4.44. The predicted octanol–water partition coefficient (Wildman–Crippen LogP) is 3.93. The van der Waals surface area contributed by atoms with E-state index in [-0.39, 0.29) is 19.0 Å². The molecule has 8 heteroatoms. The molecule has 32 heavy (non-hydrogen) atoms. The lowest BCUT2D eigenvalue weighted by molar-refractivity contribution is -0.159. The molecule has 2 aromatic heterocycles. The quantitative estimate of drug-likeness (QED) is 0.521. The first kappa shape index (κ1) is 22.1. The Bertz CT molecular complexity index is 1070. The van der Waals surface area contributed by atoms with Crippen LogP contribution in [0.25, 0.3) is 5.95 Å². The summed E-state index contributed by atoms with van der Waals surface area (Å²) < 4.78 is 35.2. The molecule has 0 saturated carbocycles. The summed E-state index contributed by atoms with van der Waals surface area (Å²) in [5.74, 6) is -1.03. The van der Waals surface area contributed by atoms with Crippen LogP contribution >= 0.6 is 0 Å². The number of ether oxygens (including phenoxy) is 1. The summed E-state index contributed by atoms with van der Waals surface area (Å²) in [6, 6.07) is 9.20. The molecule has 1 fully saturated rings. The van der Waals surface area contributed by atoms with Crippen LogP contribution in [0.1, 0.15) is 31.0 Å². The number of piperidine rings is 1. The van der Waals surface area contributed by atoms with Crippen LogP contribution in [0.3, 0.4) is 0 Å². The third-order valence-corrected chi connectivity index (χ3v) is 5.89. The minimum absolute atomic E-state index is 0.164. The minimum atomic E-state index is -0.895. The van der Waals surface area contributed by atoms with Gasteiger partial charge in [0.05, 0.1) is 12.0 Å². The first-order valence-corrected chi connectivity index (χ1v) is 10.8. The third-order valence-electron chi connectivity index (χ3n) is 5.89. The Morgan fingerprint density at radius 2 is 2.00 bits per heavy atom. The average Bonchev–Trinajstić information content (AvgIpc) is 3.25. The Hall–Kier alpha value is -3.13. The molecule has 0 radical (unpaired) electrons. The summed E-state index contributed by atoms with van der Waals surface area (Å²) in [4.78, 5) is 23.9. The van der Waals surface area contributed by atoms with Crippen molar-refractivity contribution in [3.05, 3.63) is 77.9 Å². The van der Waals surface area contributed by atoms with Crippen LogP contribution in [0.5, 0.6) is 0 Å². The van der Waals surface area contributed by atoms with Crippen molar-refractivity contribution in [2.24, 2.45) is 5.41 Å². The molecule has 0 N–H and O–H groups in total. The number of hydrogen-bond acceptors (Lipinski definition) is 5. The zero-order valence-corrected chi connectivity index (χ0v) is 18.0. The van der Waals surface area contributed by atoms with Crippen LogP contribution in [0.15, 0.2) is 55.0 Å². The van der Waals surface area contributed by atoms with Crippen molar-refractivity contribution >= 4 is 5.97 Å². The molecule has 1 atom stereocenters. The van der Waals surface area contributed by atoms with Gasteiger partial charge in [0.25, 0.3) is 0 Å². The van der Waals surface area contributed by atoms with Crippen LogP contribution in [0.2, 0.25) is 0 Å². The second kappa shape index (κ2) is 9.56. The average molecular weight is 440 g/mol. The maximum absolute atomic E-state index is 14.4. The molecule has 4 rings (SSSR count). The van der Waals surface area contributed by atoms with Crippen molar-refractivity contribution in [2.75, 3.05) is 19.7 Å². The van der Waals surface area contributed by atoms with Gasteiger partial charge in [0, 0.05) is 43.4 Å². The second-order valence-electron chi connectivity index (χ2n) is 8.15. The van der Waals surface area contributed by atoms with E-state index < -0.39 is 17.0 Å². The molecule has 1 aliphatic rings. The van der Waals surface area contributed by atoms with Gasteiger partial charge in [-0.05, 0) is 62.6 Å². The number of rotatable bonds is 7. The van der Waals surface area contributed by atoms with E-state index in [1.807, 2.05) is 22.9 Å². The van der Waals surface area contributed by atoms with Gasteiger partial charge < -0.3 is 4.74 Å². The van der Waals surface area contributed by atoms with Gasteiger partial charge in [-0.25, -0.2) is 18.7 Å². The summed E-state index contributed by atoms with van der Waals surface area (Å²) in [5.41, 5.74) is 0.416. The normalized spacial score (nSPS) is 19.1. The van der Waals surface area contributed by atoms with Crippen molar-refractivity contribution in [3.8, 4) is 5.95 Å². The summed E-state index contributed by atoms with van der Waals surface area (Å²) in [5, 5.41) is 0.